The summed E-state index contributed by atoms with van der Waals surface area (Å²) in [6.45, 7) is 3.11. The predicted molar refractivity (Wildman–Crippen MR) is 73.1 cm³/mol. The zero-order chi connectivity index (χ0) is 13.8. The molecule has 1 aromatic carbocycles. The second-order valence-corrected chi connectivity index (χ2v) is 5.29. The van der Waals surface area contributed by atoms with Crippen LogP contribution in [0, 0.1) is 11.7 Å². The van der Waals surface area contributed by atoms with Crippen LogP contribution in [-0.4, -0.2) is 30.4 Å². The highest BCUT2D eigenvalue weighted by molar-refractivity contribution is 5.79. The first-order chi connectivity index (χ1) is 9.11. The molecule has 0 heterocycles. The molecule has 1 aliphatic carbocycles. The Labute approximate surface area is 113 Å². The highest BCUT2D eigenvalue weighted by atomic mass is 19.1. The minimum absolute atomic E-state index is 0.0424. The maximum absolute atomic E-state index is 13.2. The van der Waals surface area contributed by atoms with Crippen molar-refractivity contribution in [3.05, 3.63) is 35.6 Å². The Kier molecular flexibility index (Phi) is 4.53. The van der Waals surface area contributed by atoms with Gasteiger partial charge in [0.05, 0.1) is 0 Å². The Balaban J connectivity index is 2.06. The van der Waals surface area contributed by atoms with Gasteiger partial charge in [0.1, 0.15) is 5.82 Å². The summed E-state index contributed by atoms with van der Waals surface area (Å²) in [6.07, 6.45) is 2.13. The lowest BCUT2D eigenvalue weighted by Crippen LogP contribution is -2.39. The molecule has 3 nitrogen and oxygen atoms in total. The summed E-state index contributed by atoms with van der Waals surface area (Å²) in [5.41, 5.74) is 0.858. The van der Waals surface area contributed by atoms with E-state index in [1.165, 1.54) is 12.1 Å². The third-order valence-electron chi connectivity index (χ3n) is 3.44. The van der Waals surface area contributed by atoms with Crippen molar-refractivity contribution < 1.29 is 9.18 Å². The Morgan fingerprint density at radius 3 is 2.84 bits per heavy atom. The van der Waals surface area contributed by atoms with Gasteiger partial charge in [0.2, 0.25) is 5.91 Å². The smallest absolute Gasteiger partial charge is 0.227 e. The predicted octanol–water partition coefficient (Wildman–Crippen LogP) is 2.17. The van der Waals surface area contributed by atoms with Gasteiger partial charge in [0.25, 0.3) is 0 Å². The fourth-order valence-electron chi connectivity index (χ4n) is 2.28. The van der Waals surface area contributed by atoms with Gasteiger partial charge in [-0.1, -0.05) is 19.1 Å². The van der Waals surface area contributed by atoms with Gasteiger partial charge in [-0.05, 0) is 37.6 Å². The summed E-state index contributed by atoms with van der Waals surface area (Å²) in [6, 6.07) is 6.84. The van der Waals surface area contributed by atoms with Gasteiger partial charge in [0.15, 0.2) is 0 Å². The fourth-order valence-corrected chi connectivity index (χ4v) is 2.28. The number of benzene rings is 1. The lowest BCUT2D eigenvalue weighted by molar-refractivity contribution is -0.136. The minimum Gasteiger partial charge on any atom is -0.335 e. The molecule has 4 heteroatoms. The molecule has 0 aliphatic heterocycles. The number of carbonyl (C=O) groups is 1. The first-order valence-electron chi connectivity index (χ1n) is 6.81. The van der Waals surface area contributed by atoms with Crippen LogP contribution in [0.3, 0.4) is 0 Å². The average Bonchev–Trinajstić information content (AvgIpc) is 3.20. The van der Waals surface area contributed by atoms with Crippen molar-refractivity contribution in [1.82, 2.24) is 10.2 Å². The summed E-state index contributed by atoms with van der Waals surface area (Å²) >= 11 is 0. The van der Waals surface area contributed by atoms with Crippen molar-refractivity contribution in [2.75, 3.05) is 13.6 Å². The summed E-state index contributed by atoms with van der Waals surface area (Å²) in [5, 5.41) is 3.03. The van der Waals surface area contributed by atoms with E-state index in [4.69, 9.17) is 0 Å². The number of hydrogen-bond donors (Lipinski definition) is 1. The van der Waals surface area contributed by atoms with E-state index in [0.717, 1.165) is 18.4 Å². The van der Waals surface area contributed by atoms with Crippen molar-refractivity contribution in [3.8, 4) is 0 Å². The number of amides is 1. The molecule has 1 N–H and O–H groups in total. The lowest BCUT2D eigenvalue weighted by Gasteiger charge is -2.26. The topological polar surface area (TPSA) is 32.3 Å². The Morgan fingerprint density at radius 1 is 1.53 bits per heavy atom. The number of halogens is 1. The zero-order valence-corrected chi connectivity index (χ0v) is 11.5. The molecule has 2 rings (SSSR count). The summed E-state index contributed by atoms with van der Waals surface area (Å²) in [4.78, 5) is 14.3. The van der Waals surface area contributed by atoms with Gasteiger partial charge in [-0.3, -0.25) is 4.79 Å². The molecule has 0 bridgehead atoms. The summed E-state index contributed by atoms with van der Waals surface area (Å²) < 4.78 is 13.2. The maximum atomic E-state index is 13.2. The fraction of sp³-hybridized carbons (Fsp3) is 0.533. The van der Waals surface area contributed by atoms with E-state index in [9.17, 15) is 9.18 Å². The van der Waals surface area contributed by atoms with Gasteiger partial charge in [0, 0.05) is 25.0 Å². The minimum atomic E-state index is -0.246. The molecule has 0 radical (unpaired) electrons. The molecule has 1 saturated carbocycles. The van der Waals surface area contributed by atoms with Crippen molar-refractivity contribution in [2.45, 2.75) is 32.4 Å². The van der Waals surface area contributed by atoms with Gasteiger partial charge in [-0.25, -0.2) is 4.39 Å². The molecule has 0 spiro atoms. The maximum Gasteiger partial charge on any atom is 0.227 e. The third-order valence-corrected chi connectivity index (χ3v) is 3.44. The van der Waals surface area contributed by atoms with E-state index >= 15 is 0 Å². The van der Waals surface area contributed by atoms with Gasteiger partial charge in [-0.15, -0.1) is 0 Å². The Hall–Kier alpha value is -1.42. The Morgan fingerprint density at radius 2 is 2.26 bits per heavy atom. The van der Waals surface area contributed by atoms with Gasteiger partial charge >= 0.3 is 0 Å². The van der Waals surface area contributed by atoms with E-state index in [-0.39, 0.29) is 17.6 Å². The van der Waals surface area contributed by atoms with Crippen molar-refractivity contribution in [3.63, 3.8) is 0 Å². The van der Waals surface area contributed by atoms with Crippen LogP contribution in [0.4, 0.5) is 4.39 Å². The molecule has 0 aromatic heterocycles. The van der Waals surface area contributed by atoms with Crippen LogP contribution in [0.1, 0.15) is 25.3 Å². The monoisotopic (exact) mass is 264 g/mol. The normalized spacial score (nSPS) is 16.2. The van der Waals surface area contributed by atoms with Crippen molar-refractivity contribution in [1.29, 1.82) is 0 Å². The van der Waals surface area contributed by atoms with Crippen molar-refractivity contribution in [2.24, 2.45) is 5.92 Å². The van der Waals surface area contributed by atoms with E-state index < -0.39 is 0 Å². The number of nitrogens with one attached hydrogen (secondary N) is 1. The van der Waals surface area contributed by atoms with Crippen LogP contribution in [0.15, 0.2) is 24.3 Å². The Bertz CT molecular complexity index is 446. The highest BCUT2D eigenvalue weighted by Crippen LogP contribution is 2.29. The molecule has 1 fully saturated rings. The van der Waals surface area contributed by atoms with E-state index in [2.05, 4.69) is 5.32 Å². The first kappa shape index (κ1) is 14.0. The van der Waals surface area contributed by atoms with E-state index in [0.29, 0.717) is 19.1 Å². The molecular weight excluding hydrogens is 243 g/mol. The molecule has 1 aromatic rings. The average molecular weight is 264 g/mol. The first-order valence-corrected chi connectivity index (χ1v) is 6.81. The van der Waals surface area contributed by atoms with E-state index in [1.54, 1.807) is 6.07 Å². The van der Waals surface area contributed by atoms with Crippen LogP contribution in [-0.2, 0) is 11.3 Å². The number of carbonyl (C=O) groups excluding carboxylic acids is 1. The molecule has 1 unspecified atom stereocenters. The highest BCUT2D eigenvalue weighted by Gasteiger charge is 2.34. The van der Waals surface area contributed by atoms with E-state index in [1.807, 2.05) is 24.9 Å². The number of hydrogen-bond acceptors (Lipinski definition) is 2. The second-order valence-electron chi connectivity index (χ2n) is 5.29. The number of rotatable bonds is 6. The van der Waals surface area contributed by atoms with Crippen LogP contribution in [0.5, 0.6) is 0 Å². The lowest BCUT2D eigenvalue weighted by atomic mass is 10.1. The third kappa shape index (κ3) is 3.77. The SMILES string of the molecule is CNCC(C)C(=O)N(Cc1cccc(F)c1)C1CC1. The van der Waals surface area contributed by atoms with Gasteiger partial charge in [-0.2, -0.15) is 0 Å². The van der Waals surface area contributed by atoms with Crippen LogP contribution >= 0.6 is 0 Å². The molecule has 1 amide bonds. The van der Waals surface area contributed by atoms with Crippen LogP contribution < -0.4 is 5.32 Å². The summed E-state index contributed by atoms with van der Waals surface area (Å²) in [5.74, 6) is -0.135. The largest absolute Gasteiger partial charge is 0.335 e. The van der Waals surface area contributed by atoms with Crippen LogP contribution in [0.25, 0.3) is 0 Å². The molecular formula is C15H21FN2O. The van der Waals surface area contributed by atoms with Gasteiger partial charge < -0.3 is 10.2 Å². The molecule has 19 heavy (non-hydrogen) atoms. The standard InChI is InChI=1S/C15H21FN2O/c1-11(9-17-2)15(19)18(14-6-7-14)10-12-4-3-5-13(16)8-12/h3-5,8,11,14,17H,6-7,9-10H2,1-2H3. The molecule has 1 aliphatic rings. The molecule has 1 atom stereocenters. The zero-order valence-electron chi connectivity index (χ0n) is 11.5. The second kappa shape index (κ2) is 6.15. The van der Waals surface area contributed by atoms with Crippen molar-refractivity contribution >= 4 is 5.91 Å². The van der Waals surface area contributed by atoms with Crippen LogP contribution in [0.2, 0.25) is 0 Å². The quantitative estimate of drug-likeness (QED) is 0.854. The number of nitrogens with zero attached hydrogens (tertiary/aromatic N) is 1. The molecule has 0 saturated heterocycles. The molecule has 104 valence electrons. The summed E-state index contributed by atoms with van der Waals surface area (Å²) in [7, 11) is 1.85.